The van der Waals surface area contributed by atoms with E-state index in [1.165, 1.54) is 25.1 Å². The Hall–Kier alpha value is -3.68. The van der Waals surface area contributed by atoms with Crippen LogP contribution in [-0.4, -0.2) is 40.4 Å². The first-order valence-electron chi connectivity index (χ1n) is 11.5. The second kappa shape index (κ2) is 10.5. The molecule has 1 fully saturated rings. The number of anilines is 1. The Morgan fingerprint density at radius 2 is 1.47 bits per heavy atom. The highest BCUT2D eigenvalue weighted by atomic mass is 16.4. The number of rotatable bonds is 7. The van der Waals surface area contributed by atoms with E-state index in [1.54, 1.807) is 6.07 Å². The molecule has 2 aromatic rings. The van der Waals surface area contributed by atoms with Crippen LogP contribution in [0.2, 0.25) is 0 Å². The van der Waals surface area contributed by atoms with Gasteiger partial charge in [-0.2, -0.15) is 0 Å². The third-order valence-electron chi connectivity index (χ3n) is 6.37. The van der Waals surface area contributed by atoms with Crippen molar-refractivity contribution in [2.45, 2.75) is 64.5 Å². The molecule has 0 spiro atoms. The Morgan fingerprint density at radius 1 is 0.882 bits per heavy atom. The van der Waals surface area contributed by atoms with Crippen LogP contribution >= 0.6 is 0 Å². The summed E-state index contributed by atoms with van der Waals surface area (Å²) in [7, 11) is 0. The smallest absolute Gasteiger partial charge is 0.336 e. The zero-order chi connectivity index (χ0) is 24.9. The molecule has 0 aromatic heterocycles. The number of carbonyl (C=O) groups is 4. The average molecular weight is 466 g/mol. The van der Waals surface area contributed by atoms with Crippen LogP contribution < -0.4 is 16.0 Å². The van der Waals surface area contributed by atoms with E-state index in [4.69, 9.17) is 0 Å². The van der Waals surface area contributed by atoms with Gasteiger partial charge >= 0.3 is 5.97 Å². The predicted octanol–water partition coefficient (Wildman–Crippen LogP) is 3.58. The number of carboxylic acid groups (broad SMARTS) is 1. The quantitative estimate of drug-likeness (QED) is 0.498. The molecule has 1 aliphatic carbocycles. The van der Waals surface area contributed by atoms with Gasteiger partial charge in [-0.1, -0.05) is 49.6 Å². The van der Waals surface area contributed by atoms with Gasteiger partial charge in [-0.3, -0.25) is 14.4 Å². The van der Waals surface area contributed by atoms with E-state index >= 15 is 0 Å². The number of nitrogens with one attached hydrogen (secondary N) is 3. The molecule has 1 atom stereocenters. The van der Waals surface area contributed by atoms with Gasteiger partial charge in [0, 0.05) is 5.69 Å². The molecule has 1 aliphatic rings. The Bertz CT molecular complexity index is 1090. The average Bonchev–Trinajstić information content (AvgIpc) is 2.81. The first kappa shape index (κ1) is 25.0. The van der Waals surface area contributed by atoms with Gasteiger partial charge in [-0.25, -0.2) is 4.79 Å². The van der Waals surface area contributed by atoms with Crippen molar-refractivity contribution in [2.75, 3.05) is 5.32 Å². The third-order valence-corrected chi connectivity index (χ3v) is 6.37. The second-order valence-electron chi connectivity index (χ2n) is 8.90. The zero-order valence-corrected chi connectivity index (χ0v) is 19.7. The fourth-order valence-corrected chi connectivity index (χ4v) is 4.36. The third kappa shape index (κ3) is 5.44. The Balaban J connectivity index is 1.76. The van der Waals surface area contributed by atoms with Gasteiger partial charge in [0.1, 0.15) is 11.6 Å². The van der Waals surface area contributed by atoms with Crippen molar-refractivity contribution in [2.24, 2.45) is 0 Å². The predicted molar refractivity (Wildman–Crippen MR) is 129 cm³/mol. The van der Waals surface area contributed by atoms with Crippen LogP contribution in [-0.2, 0) is 9.59 Å². The van der Waals surface area contributed by atoms with E-state index in [2.05, 4.69) is 16.0 Å². The number of carboxylic acids is 1. The molecule has 180 valence electrons. The SMILES string of the molecule is Cc1cccc(C)c1NC(=O)C1(NC(=O)C(C)NC(=O)c2ccccc2C(=O)O)CCCCC1. The molecule has 0 heterocycles. The van der Waals surface area contributed by atoms with Crippen molar-refractivity contribution in [3.05, 3.63) is 64.7 Å². The molecule has 2 aromatic carbocycles. The molecule has 0 bridgehead atoms. The molecule has 3 amide bonds. The minimum atomic E-state index is -1.23. The van der Waals surface area contributed by atoms with Crippen LogP contribution in [0.4, 0.5) is 5.69 Å². The second-order valence-corrected chi connectivity index (χ2v) is 8.90. The molecule has 0 saturated heterocycles. The molecule has 1 saturated carbocycles. The van der Waals surface area contributed by atoms with Gasteiger partial charge in [0.05, 0.1) is 11.1 Å². The zero-order valence-electron chi connectivity index (χ0n) is 19.7. The molecule has 8 heteroatoms. The highest BCUT2D eigenvalue weighted by Gasteiger charge is 2.42. The monoisotopic (exact) mass is 465 g/mol. The van der Waals surface area contributed by atoms with Crippen LogP contribution in [0.25, 0.3) is 0 Å². The van der Waals surface area contributed by atoms with E-state index in [9.17, 15) is 24.3 Å². The molecule has 8 nitrogen and oxygen atoms in total. The summed E-state index contributed by atoms with van der Waals surface area (Å²) in [5.74, 6) is -2.67. The van der Waals surface area contributed by atoms with Crippen molar-refractivity contribution in [3.63, 3.8) is 0 Å². The minimum absolute atomic E-state index is 0.0326. The molecule has 0 radical (unpaired) electrons. The van der Waals surface area contributed by atoms with Gasteiger partial charge in [0.25, 0.3) is 5.91 Å². The summed E-state index contributed by atoms with van der Waals surface area (Å²) in [6.07, 6.45) is 3.57. The number of amides is 3. The van der Waals surface area contributed by atoms with E-state index in [-0.39, 0.29) is 17.0 Å². The summed E-state index contributed by atoms with van der Waals surface area (Å²) < 4.78 is 0. The Labute approximate surface area is 199 Å². The van der Waals surface area contributed by atoms with Crippen molar-refractivity contribution in [3.8, 4) is 0 Å². The summed E-state index contributed by atoms with van der Waals surface area (Å²) in [6, 6.07) is 10.6. The van der Waals surface area contributed by atoms with Crippen molar-refractivity contribution < 1.29 is 24.3 Å². The lowest BCUT2D eigenvalue weighted by Crippen LogP contribution is -2.61. The van der Waals surface area contributed by atoms with Gasteiger partial charge in [-0.15, -0.1) is 0 Å². The van der Waals surface area contributed by atoms with Crippen LogP contribution in [0.1, 0.15) is 70.9 Å². The Morgan fingerprint density at radius 3 is 2.06 bits per heavy atom. The van der Waals surface area contributed by atoms with E-state index in [0.29, 0.717) is 12.8 Å². The maximum absolute atomic E-state index is 13.4. The first-order chi connectivity index (χ1) is 16.1. The number of para-hydroxylation sites is 1. The first-order valence-corrected chi connectivity index (χ1v) is 11.5. The van der Waals surface area contributed by atoms with Crippen LogP contribution in [0, 0.1) is 13.8 Å². The normalized spacial score (nSPS) is 15.6. The molecule has 34 heavy (non-hydrogen) atoms. The van der Waals surface area contributed by atoms with Crippen LogP contribution in [0.15, 0.2) is 42.5 Å². The van der Waals surface area contributed by atoms with Gasteiger partial charge in [0.15, 0.2) is 0 Å². The van der Waals surface area contributed by atoms with Crippen LogP contribution in [0.5, 0.6) is 0 Å². The number of hydrogen-bond donors (Lipinski definition) is 4. The van der Waals surface area contributed by atoms with Crippen LogP contribution in [0.3, 0.4) is 0 Å². The standard InChI is InChI=1S/C26H31N3O5/c1-16-10-9-11-17(2)21(16)28-25(34)26(14-7-4-8-15-26)29-22(30)18(3)27-23(31)19-12-5-6-13-20(19)24(32)33/h5-6,9-13,18H,4,7-8,14-15H2,1-3H3,(H,27,31)(H,28,34)(H,29,30)(H,32,33). The number of benzene rings is 2. The molecule has 1 unspecified atom stereocenters. The maximum atomic E-state index is 13.4. The topological polar surface area (TPSA) is 125 Å². The molecule has 0 aliphatic heterocycles. The number of carbonyl (C=O) groups excluding carboxylic acids is 3. The summed E-state index contributed by atoms with van der Waals surface area (Å²) in [5, 5.41) is 17.8. The number of aromatic carboxylic acids is 1. The number of hydrogen-bond acceptors (Lipinski definition) is 4. The van der Waals surface area contributed by atoms with Crippen molar-refractivity contribution in [1.82, 2.24) is 10.6 Å². The fraction of sp³-hybridized carbons (Fsp3) is 0.385. The summed E-state index contributed by atoms with van der Waals surface area (Å²) in [4.78, 5) is 50.6. The molecule has 3 rings (SSSR count). The van der Waals surface area contributed by atoms with Gasteiger partial charge in [0.2, 0.25) is 11.8 Å². The molecule has 4 N–H and O–H groups in total. The summed E-state index contributed by atoms with van der Waals surface area (Å²) in [6.45, 7) is 5.35. The van der Waals surface area contributed by atoms with Crippen molar-refractivity contribution >= 4 is 29.4 Å². The van der Waals surface area contributed by atoms with E-state index < -0.39 is 29.4 Å². The fourth-order valence-electron chi connectivity index (χ4n) is 4.36. The van der Waals surface area contributed by atoms with Gasteiger partial charge < -0.3 is 21.1 Å². The van der Waals surface area contributed by atoms with Crippen molar-refractivity contribution in [1.29, 1.82) is 0 Å². The molecular weight excluding hydrogens is 434 g/mol. The Kier molecular flexibility index (Phi) is 7.71. The molecular formula is C26H31N3O5. The summed E-state index contributed by atoms with van der Waals surface area (Å²) in [5.41, 5.74) is 1.34. The van der Waals surface area contributed by atoms with E-state index in [1.807, 2.05) is 32.0 Å². The largest absolute Gasteiger partial charge is 0.478 e. The number of aryl methyl sites for hydroxylation is 2. The highest BCUT2D eigenvalue weighted by Crippen LogP contribution is 2.31. The lowest BCUT2D eigenvalue weighted by molar-refractivity contribution is -0.132. The minimum Gasteiger partial charge on any atom is -0.478 e. The maximum Gasteiger partial charge on any atom is 0.336 e. The summed E-state index contributed by atoms with van der Waals surface area (Å²) >= 11 is 0. The van der Waals surface area contributed by atoms with E-state index in [0.717, 1.165) is 36.1 Å². The highest BCUT2D eigenvalue weighted by molar-refractivity contribution is 6.06. The van der Waals surface area contributed by atoms with Gasteiger partial charge in [-0.05, 0) is 56.9 Å². The lowest BCUT2D eigenvalue weighted by Gasteiger charge is -2.37. The lowest BCUT2D eigenvalue weighted by atomic mass is 9.80.